The lowest BCUT2D eigenvalue weighted by molar-refractivity contribution is 0.282. The maximum absolute atomic E-state index is 9.37. The molecule has 0 fully saturated rings. The van der Waals surface area contributed by atoms with Crippen LogP contribution in [0.4, 0.5) is 5.69 Å². The highest BCUT2D eigenvalue weighted by Gasteiger charge is 2.14. The lowest BCUT2D eigenvalue weighted by Crippen LogP contribution is -2.30. The maximum Gasteiger partial charge on any atom is 0.0702 e. The molecule has 1 rings (SSSR count). The second-order valence-corrected chi connectivity index (χ2v) is 5.46. The van der Waals surface area contributed by atoms with Crippen molar-refractivity contribution in [2.45, 2.75) is 39.8 Å². The van der Waals surface area contributed by atoms with E-state index in [-0.39, 0.29) is 6.61 Å². The molecule has 1 aromatic rings. The minimum atomic E-state index is 0.0225. The predicted octanol–water partition coefficient (Wildman–Crippen LogP) is 3.70. The third-order valence-corrected chi connectivity index (χ3v) is 3.30. The van der Waals surface area contributed by atoms with E-state index in [4.69, 9.17) is 11.6 Å². The molecule has 17 heavy (non-hydrogen) atoms. The number of halogens is 1. The van der Waals surface area contributed by atoms with Crippen molar-refractivity contribution in [3.8, 4) is 0 Å². The first-order valence-electron chi connectivity index (χ1n) is 6.07. The summed E-state index contributed by atoms with van der Waals surface area (Å²) >= 11 is 5.93. The van der Waals surface area contributed by atoms with Crippen LogP contribution in [-0.2, 0) is 6.61 Å². The molecule has 1 unspecified atom stereocenters. The summed E-state index contributed by atoms with van der Waals surface area (Å²) in [5.41, 5.74) is 1.95. The lowest BCUT2D eigenvalue weighted by Gasteiger charge is -2.30. The lowest BCUT2D eigenvalue weighted by atomic mass is 10.0. The van der Waals surface area contributed by atoms with Crippen LogP contribution in [0.5, 0.6) is 0 Å². The summed E-state index contributed by atoms with van der Waals surface area (Å²) in [6.07, 6.45) is 1.13. The van der Waals surface area contributed by atoms with Crippen molar-refractivity contribution < 1.29 is 5.11 Å². The van der Waals surface area contributed by atoms with Crippen molar-refractivity contribution in [1.82, 2.24) is 0 Å². The van der Waals surface area contributed by atoms with E-state index < -0.39 is 0 Å². The molecular weight excluding hydrogens is 234 g/mol. The summed E-state index contributed by atoms with van der Waals surface area (Å²) in [6.45, 7) is 6.67. The molecule has 0 saturated carbocycles. The number of nitrogens with zero attached hydrogens (tertiary/aromatic N) is 1. The summed E-state index contributed by atoms with van der Waals surface area (Å²) in [4.78, 5) is 2.21. The molecular formula is C14H22ClNO. The van der Waals surface area contributed by atoms with E-state index in [1.165, 1.54) is 0 Å². The second kappa shape index (κ2) is 6.27. The normalized spacial score (nSPS) is 12.9. The molecule has 1 aromatic carbocycles. The summed E-state index contributed by atoms with van der Waals surface area (Å²) < 4.78 is 0. The maximum atomic E-state index is 9.37. The van der Waals surface area contributed by atoms with E-state index in [9.17, 15) is 5.11 Å². The van der Waals surface area contributed by atoms with Gasteiger partial charge < -0.3 is 10.0 Å². The first-order valence-corrected chi connectivity index (χ1v) is 6.45. The highest BCUT2D eigenvalue weighted by Crippen LogP contribution is 2.26. The van der Waals surface area contributed by atoms with Gasteiger partial charge in [-0.1, -0.05) is 25.4 Å². The Bertz CT molecular complexity index is 365. The molecule has 0 aliphatic heterocycles. The SMILES string of the molecule is CC(C)CC(C)N(C)c1ccc(Cl)cc1CO. The van der Waals surface area contributed by atoms with Gasteiger partial charge in [-0.15, -0.1) is 0 Å². The summed E-state index contributed by atoms with van der Waals surface area (Å²) in [7, 11) is 2.06. The zero-order valence-electron chi connectivity index (χ0n) is 11.1. The van der Waals surface area contributed by atoms with Crippen LogP contribution in [0, 0.1) is 5.92 Å². The third-order valence-electron chi connectivity index (χ3n) is 3.07. The van der Waals surface area contributed by atoms with E-state index in [1.54, 1.807) is 0 Å². The minimum Gasteiger partial charge on any atom is -0.392 e. The number of hydrogen-bond acceptors (Lipinski definition) is 2. The monoisotopic (exact) mass is 255 g/mol. The topological polar surface area (TPSA) is 23.5 Å². The number of hydrogen-bond donors (Lipinski definition) is 1. The van der Waals surface area contributed by atoms with Crippen molar-refractivity contribution in [2.24, 2.45) is 5.92 Å². The van der Waals surface area contributed by atoms with Crippen molar-refractivity contribution in [3.05, 3.63) is 28.8 Å². The number of anilines is 1. The van der Waals surface area contributed by atoms with Crippen molar-refractivity contribution in [1.29, 1.82) is 0 Å². The zero-order chi connectivity index (χ0) is 13.0. The van der Waals surface area contributed by atoms with Gasteiger partial charge in [0.05, 0.1) is 6.61 Å². The van der Waals surface area contributed by atoms with Gasteiger partial charge in [0.25, 0.3) is 0 Å². The van der Waals surface area contributed by atoms with E-state index in [2.05, 4.69) is 32.7 Å². The van der Waals surface area contributed by atoms with Gasteiger partial charge >= 0.3 is 0 Å². The quantitative estimate of drug-likeness (QED) is 0.867. The van der Waals surface area contributed by atoms with Gasteiger partial charge in [0, 0.05) is 29.4 Å². The smallest absolute Gasteiger partial charge is 0.0702 e. The van der Waals surface area contributed by atoms with Crippen LogP contribution < -0.4 is 4.90 Å². The van der Waals surface area contributed by atoms with Gasteiger partial charge in [-0.3, -0.25) is 0 Å². The van der Waals surface area contributed by atoms with Crippen LogP contribution in [0.3, 0.4) is 0 Å². The fourth-order valence-corrected chi connectivity index (χ4v) is 2.30. The third kappa shape index (κ3) is 3.90. The Morgan fingerprint density at radius 2 is 1.94 bits per heavy atom. The van der Waals surface area contributed by atoms with E-state index in [0.717, 1.165) is 17.7 Å². The van der Waals surface area contributed by atoms with Crippen LogP contribution >= 0.6 is 11.6 Å². The van der Waals surface area contributed by atoms with Gasteiger partial charge in [-0.2, -0.15) is 0 Å². The molecule has 0 spiro atoms. The molecule has 0 amide bonds. The van der Waals surface area contributed by atoms with E-state index >= 15 is 0 Å². The number of aliphatic hydroxyl groups excluding tert-OH is 1. The Morgan fingerprint density at radius 3 is 2.47 bits per heavy atom. The molecule has 0 heterocycles. The Hall–Kier alpha value is -0.730. The minimum absolute atomic E-state index is 0.0225. The van der Waals surface area contributed by atoms with Gasteiger partial charge in [0.1, 0.15) is 0 Å². The van der Waals surface area contributed by atoms with Gasteiger partial charge in [-0.05, 0) is 37.5 Å². The fourth-order valence-electron chi connectivity index (χ4n) is 2.10. The fraction of sp³-hybridized carbons (Fsp3) is 0.571. The van der Waals surface area contributed by atoms with Gasteiger partial charge in [0.2, 0.25) is 0 Å². The van der Waals surface area contributed by atoms with Crippen LogP contribution in [-0.4, -0.2) is 18.2 Å². The molecule has 1 atom stereocenters. The second-order valence-electron chi connectivity index (χ2n) is 5.02. The Balaban J connectivity index is 2.91. The summed E-state index contributed by atoms with van der Waals surface area (Å²) in [5, 5.41) is 10.0. The van der Waals surface area contributed by atoms with Crippen LogP contribution in [0.15, 0.2) is 18.2 Å². The Morgan fingerprint density at radius 1 is 1.29 bits per heavy atom. The van der Waals surface area contributed by atoms with Crippen LogP contribution in [0.1, 0.15) is 32.8 Å². The standard InChI is InChI=1S/C14H22ClNO/c1-10(2)7-11(3)16(4)14-6-5-13(15)8-12(14)9-17/h5-6,8,10-11,17H,7,9H2,1-4H3. The van der Waals surface area contributed by atoms with Crippen LogP contribution in [0.25, 0.3) is 0 Å². The summed E-state index contributed by atoms with van der Waals surface area (Å²) in [5.74, 6) is 0.664. The van der Waals surface area contributed by atoms with E-state index in [1.807, 2.05) is 18.2 Å². The predicted molar refractivity (Wildman–Crippen MR) is 74.7 cm³/mol. The molecule has 0 radical (unpaired) electrons. The molecule has 2 nitrogen and oxygen atoms in total. The zero-order valence-corrected chi connectivity index (χ0v) is 11.8. The highest BCUT2D eigenvalue weighted by molar-refractivity contribution is 6.30. The Labute approximate surface area is 109 Å². The number of rotatable bonds is 5. The first kappa shape index (κ1) is 14.3. The van der Waals surface area contributed by atoms with Gasteiger partial charge in [0.15, 0.2) is 0 Å². The molecule has 0 bridgehead atoms. The highest BCUT2D eigenvalue weighted by atomic mass is 35.5. The van der Waals surface area contributed by atoms with Gasteiger partial charge in [-0.25, -0.2) is 0 Å². The average molecular weight is 256 g/mol. The molecule has 1 N–H and O–H groups in total. The van der Waals surface area contributed by atoms with Crippen molar-refractivity contribution in [3.63, 3.8) is 0 Å². The molecule has 0 saturated heterocycles. The van der Waals surface area contributed by atoms with Crippen LogP contribution in [0.2, 0.25) is 5.02 Å². The largest absolute Gasteiger partial charge is 0.392 e. The molecule has 0 aliphatic carbocycles. The first-order chi connectivity index (χ1) is 7.95. The molecule has 0 aliphatic rings. The Kier molecular flexibility index (Phi) is 5.29. The number of aliphatic hydroxyl groups is 1. The average Bonchev–Trinajstić information content (AvgIpc) is 2.27. The van der Waals surface area contributed by atoms with E-state index in [0.29, 0.717) is 17.0 Å². The molecule has 96 valence electrons. The molecule has 0 aromatic heterocycles. The molecule has 3 heteroatoms. The number of benzene rings is 1. The van der Waals surface area contributed by atoms with Crippen molar-refractivity contribution in [2.75, 3.05) is 11.9 Å². The van der Waals surface area contributed by atoms with Crippen molar-refractivity contribution >= 4 is 17.3 Å². The summed E-state index contributed by atoms with van der Waals surface area (Å²) in [6, 6.07) is 6.12.